The zero-order valence-corrected chi connectivity index (χ0v) is 19.6. The van der Waals surface area contributed by atoms with Crippen LogP contribution in [0.2, 0.25) is 0 Å². The molecule has 0 aliphatic rings. The smallest absolute Gasteiger partial charge is 0.303 e. The molecule has 0 aromatic heterocycles. The number of aliphatic carboxylic acids is 2. The molecule has 2 aromatic carbocycles. The standard InChI is InChI=1S/C28H38O5/c29-27(30)18-12-5-1-3-8-14-23-20-21-26(33-25-16-10-7-11-17-25)22-24(23)15-9-4-2-6-13-19-28(31)32/h7,10-11,16-17,20-22H,1-6,8-9,12-15,18-19H2,(H,29,30)(H,31,32). The number of hydrogen-bond acceptors (Lipinski definition) is 3. The summed E-state index contributed by atoms with van der Waals surface area (Å²) in [5, 5.41) is 17.5. The number of rotatable bonds is 18. The summed E-state index contributed by atoms with van der Waals surface area (Å²) in [6.45, 7) is 0. The van der Waals surface area contributed by atoms with E-state index in [1.165, 1.54) is 11.1 Å². The van der Waals surface area contributed by atoms with Crippen LogP contribution in [-0.2, 0) is 22.4 Å². The van der Waals surface area contributed by atoms with Crippen LogP contribution in [0.1, 0.15) is 88.2 Å². The minimum absolute atomic E-state index is 0.263. The van der Waals surface area contributed by atoms with Crippen molar-refractivity contribution in [1.29, 1.82) is 0 Å². The second-order valence-corrected chi connectivity index (χ2v) is 8.67. The van der Waals surface area contributed by atoms with Crippen molar-refractivity contribution in [1.82, 2.24) is 0 Å². The number of benzene rings is 2. The van der Waals surface area contributed by atoms with E-state index in [-0.39, 0.29) is 12.8 Å². The lowest BCUT2D eigenvalue weighted by molar-refractivity contribution is -0.138. The predicted octanol–water partition coefficient (Wildman–Crippen LogP) is 7.41. The minimum atomic E-state index is -0.711. The number of carboxylic acids is 2. The lowest BCUT2D eigenvalue weighted by atomic mass is 9.96. The van der Waals surface area contributed by atoms with Gasteiger partial charge in [-0.3, -0.25) is 9.59 Å². The van der Waals surface area contributed by atoms with Crippen molar-refractivity contribution in [3.63, 3.8) is 0 Å². The quantitative estimate of drug-likeness (QED) is 0.229. The topological polar surface area (TPSA) is 83.8 Å². The Bertz CT molecular complexity index is 831. The molecule has 0 atom stereocenters. The van der Waals surface area contributed by atoms with Gasteiger partial charge in [0.2, 0.25) is 0 Å². The van der Waals surface area contributed by atoms with Gasteiger partial charge in [-0.15, -0.1) is 0 Å². The van der Waals surface area contributed by atoms with E-state index in [1.54, 1.807) is 0 Å². The number of para-hydroxylation sites is 1. The monoisotopic (exact) mass is 454 g/mol. The summed E-state index contributed by atoms with van der Waals surface area (Å²) in [7, 11) is 0. The molecule has 0 bridgehead atoms. The average molecular weight is 455 g/mol. The van der Waals surface area contributed by atoms with Gasteiger partial charge in [0.25, 0.3) is 0 Å². The molecule has 0 radical (unpaired) electrons. The molecule has 0 amide bonds. The van der Waals surface area contributed by atoms with Crippen LogP contribution in [-0.4, -0.2) is 22.2 Å². The van der Waals surface area contributed by atoms with Crippen LogP contribution in [0.5, 0.6) is 11.5 Å². The van der Waals surface area contributed by atoms with E-state index in [0.29, 0.717) is 0 Å². The second kappa shape index (κ2) is 15.9. The Labute approximate surface area is 197 Å². The first-order valence-corrected chi connectivity index (χ1v) is 12.3. The number of hydrogen-bond donors (Lipinski definition) is 2. The third-order valence-electron chi connectivity index (χ3n) is 5.83. The van der Waals surface area contributed by atoms with Crippen molar-refractivity contribution in [3.8, 4) is 11.5 Å². The van der Waals surface area contributed by atoms with Gasteiger partial charge in [-0.1, -0.05) is 62.8 Å². The Morgan fingerprint density at radius 1 is 0.576 bits per heavy atom. The van der Waals surface area contributed by atoms with Crippen LogP contribution in [0.3, 0.4) is 0 Å². The fourth-order valence-electron chi connectivity index (χ4n) is 4.01. The van der Waals surface area contributed by atoms with E-state index in [1.807, 2.05) is 36.4 Å². The maximum Gasteiger partial charge on any atom is 0.303 e. The Kier molecular flexibility index (Phi) is 12.7. The molecule has 0 fully saturated rings. The molecule has 0 aliphatic carbocycles. The SMILES string of the molecule is O=C(O)CCCCCCCc1ccc(Oc2ccccc2)cc1CCCCCCCC(=O)O. The summed E-state index contributed by atoms with van der Waals surface area (Å²) >= 11 is 0. The van der Waals surface area contributed by atoms with E-state index in [2.05, 4.69) is 12.1 Å². The number of unbranched alkanes of at least 4 members (excludes halogenated alkanes) is 8. The average Bonchev–Trinajstić information content (AvgIpc) is 2.79. The van der Waals surface area contributed by atoms with Gasteiger partial charge in [0.15, 0.2) is 0 Å². The van der Waals surface area contributed by atoms with Gasteiger partial charge in [0.1, 0.15) is 11.5 Å². The van der Waals surface area contributed by atoms with Gasteiger partial charge >= 0.3 is 11.9 Å². The first-order valence-electron chi connectivity index (χ1n) is 12.3. The van der Waals surface area contributed by atoms with Crippen LogP contribution in [0.25, 0.3) is 0 Å². The fourth-order valence-corrected chi connectivity index (χ4v) is 4.01. The Hall–Kier alpha value is -2.82. The Morgan fingerprint density at radius 2 is 1.09 bits per heavy atom. The van der Waals surface area contributed by atoms with Gasteiger partial charge in [-0.25, -0.2) is 0 Å². The second-order valence-electron chi connectivity index (χ2n) is 8.67. The highest BCUT2D eigenvalue weighted by Gasteiger charge is 2.07. The zero-order chi connectivity index (χ0) is 23.7. The third-order valence-corrected chi connectivity index (χ3v) is 5.83. The van der Waals surface area contributed by atoms with E-state index >= 15 is 0 Å². The van der Waals surface area contributed by atoms with Crippen LogP contribution in [0.4, 0.5) is 0 Å². The molecule has 0 heterocycles. The zero-order valence-electron chi connectivity index (χ0n) is 19.6. The van der Waals surface area contributed by atoms with Gasteiger partial charge < -0.3 is 14.9 Å². The van der Waals surface area contributed by atoms with Gasteiger partial charge in [-0.05, 0) is 73.9 Å². The molecule has 2 aromatic rings. The maximum absolute atomic E-state index is 10.6. The summed E-state index contributed by atoms with van der Waals surface area (Å²) in [6.07, 6.45) is 12.6. The molecule has 180 valence electrons. The summed E-state index contributed by atoms with van der Waals surface area (Å²) in [6, 6.07) is 16.2. The lowest BCUT2D eigenvalue weighted by Gasteiger charge is -2.13. The molecule has 5 nitrogen and oxygen atoms in total. The number of aryl methyl sites for hydroxylation is 2. The fraction of sp³-hybridized carbons (Fsp3) is 0.500. The minimum Gasteiger partial charge on any atom is -0.481 e. The third kappa shape index (κ3) is 12.1. The highest BCUT2D eigenvalue weighted by molar-refractivity contribution is 5.66. The summed E-state index contributed by atoms with van der Waals surface area (Å²) in [5.41, 5.74) is 2.70. The molecule has 0 unspecified atom stereocenters. The van der Waals surface area contributed by atoms with Gasteiger partial charge in [0, 0.05) is 12.8 Å². The van der Waals surface area contributed by atoms with E-state index < -0.39 is 11.9 Å². The van der Waals surface area contributed by atoms with E-state index in [0.717, 1.165) is 88.5 Å². The van der Waals surface area contributed by atoms with Crippen molar-refractivity contribution < 1.29 is 24.5 Å². The normalized spacial score (nSPS) is 10.8. The van der Waals surface area contributed by atoms with Crippen molar-refractivity contribution in [2.24, 2.45) is 0 Å². The number of carboxylic acid groups (broad SMARTS) is 2. The Balaban J connectivity index is 1.85. The number of ether oxygens (including phenoxy) is 1. The van der Waals surface area contributed by atoms with Crippen molar-refractivity contribution in [2.75, 3.05) is 0 Å². The molecule has 5 heteroatoms. The lowest BCUT2D eigenvalue weighted by Crippen LogP contribution is -1.98. The van der Waals surface area contributed by atoms with E-state index in [9.17, 15) is 9.59 Å². The summed E-state index contributed by atoms with van der Waals surface area (Å²) < 4.78 is 6.04. The number of carbonyl (C=O) groups is 2. The highest BCUT2D eigenvalue weighted by Crippen LogP contribution is 2.26. The van der Waals surface area contributed by atoms with Crippen LogP contribution in [0, 0.1) is 0 Å². The molecule has 33 heavy (non-hydrogen) atoms. The van der Waals surface area contributed by atoms with Crippen LogP contribution in [0.15, 0.2) is 48.5 Å². The van der Waals surface area contributed by atoms with Crippen molar-refractivity contribution in [2.45, 2.75) is 89.9 Å². The maximum atomic E-state index is 10.6. The van der Waals surface area contributed by atoms with Crippen molar-refractivity contribution in [3.05, 3.63) is 59.7 Å². The summed E-state index contributed by atoms with van der Waals surface area (Å²) in [4.78, 5) is 21.2. The van der Waals surface area contributed by atoms with Gasteiger partial charge in [0.05, 0.1) is 0 Å². The first kappa shape index (κ1) is 26.4. The molecule has 2 rings (SSSR count). The molecule has 0 saturated heterocycles. The molecular weight excluding hydrogens is 416 g/mol. The van der Waals surface area contributed by atoms with Crippen molar-refractivity contribution >= 4 is 11.9 Å². The predicted molar refractivity (Wildman–Crippen MR) is 131 cm³/mol. The van der Waals surface area contributed by atoms with Crippen LogP contribution >= 0.6 is 0 Å². The van der Waals surface area contributed by atoms with Crippen LogP contribution < -0.4 is 4.74 Å². The molecule has 2 N–H and O–H groups in total. The Morgan fingerprint density at radius 3 is 1.67 bits per heavy atom. The first-order chi connectivity index (χ1) is 16.0. The summed E-state index contributed by atoms with van der Waals surface area (Å²) in [5.74, 6) is 0.266. The van der Waals surface area contributed by atoms with E-state index in [4.69, 9.17) is 14.9 Å². The molecule has 0 saturated carbocycles. The molecule has 0 aliphatic heterocycles. The molecule has 0 spiro atoms. The largest absolute Gasteiger partial charge is 0.481 e. The van der Waals surface area contributed by atoms with Gasteiger partial charge in [-0.2, -0.15) is 0 Å². The highest BCUT2D eigenvalue weighted by atomic mass is 16.5. The molecular formula is C28H38O5.